The third-order valence-corrected chi connectivity index (χ3v) is 5.69. The molecule has 0 aliphatic rings. The number of carbonyl (C=O) groups is 1. The van der Waals surface area contributed by atoms with Crippen molar-refractivity contribution >= 4 is 17.7 Å². The summed E-state index contributed by atoms with van der Waals surface area (Å²) in [6, 6.07) is 25.3. The number of carbonyl (C=O) groups excluding carboxylic acids is 1. The van der Waals surface area contributed by atoms with Crippen LogP contribution in [0.15, 0.2) is 83.8 Å². The first kappa shape index (κ1) is 21.8. The molecule has 0 bridgehead atoms. The molecule has 3 aromatic carbocycles. The number of nitrogens with one attached hydrogen (secondary N) is 1. The summed E-state index contributed by atoms with van der Waals surface area (Å²) in [6.07, 6.45) is 0.804. The Morgan fingerprint density at radius 2 is 1.60 bits per heavy atom. The van der Waals surface area contributed by atoms with Crippen LogP contribution in [-0.2, 0) is 0 Å². The number of thioether (sulfide) groups is 1. The first-order chi connectivity index (χ1) is 14.7. The molecule has 0 radical (unpaired) electrons. The van der Waals surface area contributed by atoms with E-state index in [2.05, 4.69) is 24.4 Å². The molecule has 1 amide bonds. The maximum absolute atomic E-state index is 12.7. The Kier molecular flexibility index (Phi) is 8.21. The molecule has 0 fully saturated rings. The minimum atomic E-state index is -0.0937. The Hall–Kier alpha value is -2.92. The minimum Gasteiger partial charge on any atom is -0.497 e. The molecule has 156 valence electrons. The van der Waals surface area contributed by atoms with E-state index >= 15 is 0 Å². The van der Waals surface area contributed by atoms with Gasteiger partial charge >= 0.3 is 0 Å². The van der Waals surface area contributed by atoms with Gasteiger partial charge in [-0.05, 0) is 60.5 Å². The van der Waals surface area contributed by atoms with Gasteiger partial charge in [-0.2, -0.15) is 0 Å². The molecule has 3 rings (SSSR count). The van der Waals surface area contributed by atoms with E-state index in [0.717, 1.165) is 29.2 Å². The lowest BCUT2D eigenvalue weighted by molar-refractivity contribution is 0.0935. The average molecular weight is 422 g/mol. The molecular formula is C25H27NO3S. The van der Waals surface area contributed by atoms with Gasteiger partial charge in [-0.1, -0.05) is 37.3 Å². The molecule has 1 N–H and O–H groups in total. The first-order valence-electron chi connectivity index (χ1n) is 10.0. The van der Waals surface area contributed by atoms with E-state index in [-0.39, 0.29) is 11.9 Å². The van der Waals surface area contributed by atoms with Crippen molar-refractivity contribution in [3.63, 3.8) is 0 Å². The molecule has 30 heavy (non-hydrogen) atoms. The van der Waals surface area contributed by atoms with E-state index in [9.17, 15) is 4.79 Å². The van der Waals surface area contributed by atoms with E-state index in [0.29, 0.717) is 12.2 Å². The van der Waals surface area contributed by atoms with Crippen molar-refractivity contribution in [1.29, 1.82) is 0 Å². The standard InChI is InChI=1S/C25H27NO3S/c1-3-24(19-9-13-21(28-2)14-10-19)26-25(27)20-11-15-22(16-12-20)29-17-18-30-23-7-5-4-6-8-23/h4-16,24H,3,17-18H2,1-2H3,(H,26,27). The van der Waals surface area contributed by atoms with Crippen LogP contribution in [0.25, 0.3) is 0 Å². The summed E-state index contributed by atoms with van der Waals surface area (Å²) in [5.74, 6) is 2.34. The van der Waals surface area contributed by atoms with Crippen LogP contribution < -0.4 is 14.8 Å². The molecule has 5 heteroatoms. The average Bonchev–Trinajstić information content (AvgIpc) is 2.81. The Morgan fingerprint density at radius 1 is 0.933 bits per heavy atom. The SMILES string of the molecule is CCC(NC(=O)c1ccc(OCCSc2ccccc2)cc1)c1ccc(OC)cc1. The van der Waals surface area contributed by atoms with Crippen LogP contribution in [0.2, 0.25) is 0 Å². The summed E-state index contributed by atoms with van der Waals surface area (Å²) in [5, 5.41) is 3.10. The number of methoxy groups -OCH3 is 1. The fraction of sp³-hybridized carbons (Fsp3) is 0.240. The molecule has 0 aliphatic carbocycles. The van der Waals surface area contributed by atoms with Gasteiger partial charge in [-0.25, -0.2) is 0 Å². The monoisotopic (exact) mass is 421 g/mol. The zero-order valence-corrected chi connectivity index (χ0v) is 18.2. The number of hydrogen-bond acceptors (Lipinski definition) is 4. The van der Waals surface area contributed by atoms with E-state index in [1.807, 2.05) is 54.6 Å². The number of hydrogen-bond donors (Lipinski definition) is 1. The van der Waals surface area contributed by atoms with E-state index in [1.54, 1.807) is 31.0 Å². The summed E-state index contributed by atoms with van der Waals surface area (Å²) in [4.78, 5) is 13.9. The number of benzene rings is 3. The van der Waals surface area contributed by atoms with Crippen LogP contribution >= 0.6 is 11.8 Å². The van der Waals surface area contributed by atoms with Crippen molar-refractivity contribution in [2.45, 2.75) is 24.3 Å². The molecule has 1 atom stereocenters. The van der Waals surface area contributed by atoms with Gasteiger partial charge in [0.2, 0.25) is 0 Å². The van der Waals surface area contributed by atoms with Gasteiger partial charge in [0.15, 0.2) is 0 Å². The van der Waals surface area contributed by atoms with Gasteiger partial charge in [0.05, 0.1) is 19.8 Å². The van der Waals surface area contributed by atoms with E-state index < -0.39 is 0 Å². The molecule has 1 unspecified atom stereocenters. The predicted molar refractivity (Wildman–Crippen MR) is 123 cm³/mol. The van der Waals surface area contributed by atoms with Crippen molar-refractivity contribution in [1.82, 2.24) is 5.32 Å². The smallest absolute Gasteiger partial charge is 0.251 e. The highest BCUT2D eigenvalue weighted by Crippen LogP contribution is 2.21. The van der Waals surface area contributed by atoms with Gasteiger partial charge in [0.1, 0.15) is 11.5 Å². The summed E-state index contributed by atoms with van der Waals surface area (Å²) < 4.78 is 11.0. The lowest BCUT2D eigenvalue weighted by Gasteiger charge is -2.18. The van der Waals surface area contributed by atoms with Crippen LogP contribution in [0.5, 0.6) is 11.5 Å². The lowest BCUT2D eigenvalue weighted by atomic mass is 10.0. The molecule has 4 nitrogen and oxygen atoms in total. The maximum Gasteiger partial charge on any atom is 0.251 e. The lowest BCUT2D eigenvalue weighted by Crippen LogP contribution is -2.28. The summed E-state index contributed by atoms with van der Waals surface area (Å²) >= 11 is 1.76. The number of ether oxygens (including phenoxy) is 2. The van der Waals surface area contributed by atoms with E-state index in [4.69, 9.17) is 9.47 Å². The summed E-state index contributed by atoms with van der Waals surface area (Å²) in [5.41, 5.74) is 1.68. The molecule has 0 aromatic heterocycles. The Balaban J connectivity index is 1.49. The fourth-order valence-corrected chi connectivity index (χ4v) is 3.79. The van der Waals surface area contributed by atoms with Crippen molar-refractivity contribution in [2.24, 2.45) is 0 Å². The molecule has 0 aliphatic heterocycles. The van der Waals surface area contributed by atoms with Crippen molar-refractivity contribution in [3.05, 3.63) is 90.0 Å². The largest absolute Gasteiger partial charge is 0.497 e. The van der Waals surface area contributed by atoms with Crippen LogP contribution in [-0.4, -0.2) is 25.4 Å². The molecule has 0 heterocycles. The topological polar surface area (TPSA) is 47.6 Å². The van der Waals surface area contributed by atoms with Crippen molar-refractivity contribution in [2.75, 3.05) is 19.5 Å². The zero-order chi connectivity index (χ0) is 21.2. The minimum absolute atomic E-state index is 0.0469. The first-order valence-corrected chi connectivity index (χ1v) is 11.0. The van der Waals surface area contributed by atoms with Gasteiger partial charge in [-0.3, -0.25) is 4.79 Å². The van der Waals surface area contributed by atoms with Gasteiger partial charge < -0.3 is 14.8 Å². The third-order valence-electron chi connectivity index (χ3n) is 4.71. The van der Waals surface area contributed by atoms with Gasteiger partial charge in [-0.15, -0.1) is 11.8 Å². The zero-order valence-electron chi connectivity index (χ0n) is 17.3. The Labute approximate surface area is 182 Å². The quantitative estimate of drug-likeness (QED) is 0.335. The maximum atomic E-state index is 12.7. The van der Waals surface area contributed by atoms with Crippen LogP contribution in [0.1, 0.15) is 35.3 Å². The third kappa shape index (κ3) is 6.29. The molecule has 0 saturated heterocycles. The summed E-state index contributed by atoms with van der Waals surface area (Å²) in [7, 11) is 1.64. The van der Waals surface area contributed by atoms with Crippen LogP contribution in [0.3, 0.4) is 0 Å². The normalized spacial score (nSPS) is 11.5. The molecule has 0 saturated carbocycles. The second-order valence-corrected chi connectivity index (χ2v) is 7.91. The highest BCUT2D eigenvalue weighted by molar-refractivity contribution is 7.99. The predicted octanol–water partition coefficient (Wildman–Crippen LogP) is 5.75. The Morgan fingerprint density at radius 3 is 2.23 bits per heavy atom. The Bertz CT molecular complexity index is 911. The van der Waals surface area contributed by atoms with Crippen molar-refractivity contribution < 1.29 is 14.3 Å². The van der Waals surface area contributed by atoms with Crippen LogP contribution in [0, 0.1) is 0 Å². The molecular weight excluding hydrogens is 394 g/mol. The highest BCUT2D eigenvalue weighted by Gasteiger charge is 2.14. The highest BCUT2D eigenvalue weighted by atomic mass is 32.2. The molecule has 3 aromatic rings. The van der Waals surface area contributed by atoms with Crippen molar-refractivity contribution in [3.8, 4) is 11.5 Å². The second-order valence-electron chi connectivity index (χ2n) is 6.74. The number of rotatable bonds is 10. The molecule has 0 spiro atoms. The summed E-state index contributed by atoms with van der Waals surface area (Å²) in [6.45, 7) is 2.67. The van der Waals surface area contributed by atoms with E-state index in [1.165, 1.54) is 4.90 Å². The number of amides is 1. The second kappa shape index (κ2) is 11.3. The van der Waals surface area contributed by atoms with Gasteiger partial charge in [0, 0.05) is 16.2 Å². The van der Waals surface area contributed by atoms with Gasteiger partial charge in [0.25, 0.3) is 5.91 Å². The fourth-order valence-electron chi connectivity index (χ4n) is 3.04. The van der Waals surface area contributed by atoms with Crippen LogP contribution in [0.4, 0.5) is 0 Å².